The summed E-state index contributed by atoms with van der Waals surface area (Å²) in [6.45, 7) is -0.387. The highest BCUT2D eigenvalue weighted by Gasteiger charge is 2.73. The number of imide groups is 1. The lowest BCUT2D eigenvalue weighted by atomic mass is 9.54. The smallest absolute Gasteiger partial charge is 0.338 e. The standard InChI is InChI=1S/C32H19Cl3N2O6/c33-19-13-12-18(25(15-19)37(41)42)16-43-30(40)17-6-5-7-20(14-17)36-28(38)26-27(29(36)39)32(35)22-9-2-1-8-21(22)31(26,34)23-10-3-4-11-24(23)32/h1-15,26-27H,16H2/t26-,27+,31?,32?. The van der Waals surface area contributed by atoms with Crippen molar-refractivity contribution in [3.63, 3.8) is 0 Å². The predicted octanol–water partition coefficient (Wildman–Crippen LogP) is 6.70. The topological polar surface area (TPSA) is 107 Å². The summed E-state index contributed by atoms with van der Waals surface area (Å²) < 4.78 is 5.35. The molecule has 2 amide bonds. The molecule has 0 unspecified atom stereocenters. The van der Waals surface area contributed by atoms with E-state index in [1.165, 1.54) is 42.5 Å². The van der Waals surface area contributed by atoms with Gasteiger partial charge in [0, 0.05) is 11.1 Å². The number of carbonyl (C=O) groups is 3. The van der Waals surface area contributed by atoms with Crippen LogP contribution in [0.1, 0.15) is 38.2 Å². The minimum atomic E-state index is -1.33. The second-order valence-electron chi connectivity index (χ2n) is 10.6. The number of esters is 1. The third-order valence-electron chi connectivity index (χ3n) is 8.53. The summed E-state index contributed by atoms with van der Waals surface area (Å²) in [5.74, 6) is -3.84. The van der Waals surface area contributed by atoms with Crippen molar-refractivity contribution in [1.29, 1.82) is 0 Å². The quantitative estimate of drug-likeness (QED) is 0.0796. The number of halogens is 3. The number of nitro benzene ring substituents is 1. The molecule has 43 heavy (non-hydrogen) atoms. The van der Waals surface area contributed by atoms with Crippen molar-refractivity contribution in [1.82, 2.24) is 0 Å². The Morgan fingerprint density at radius 3 is 1.86 bits per heavy atom. The van der Waals surface area contributed by atoms with Crippen molar-refractivity contribution in [3.05, 3.63) is 140 Å². The van der Waals surface area contributed by atoms with Gasteiger partial charge in [0.15, 0.2) is 0 Å². The number of ether oxygens (including phenoxy) is 1. The van der Waals surface area contributed by atoms with E-state index in [9.17, 15) is 24.5 Å². The van der Waals surface area contributed by atoms with Gasteiger partial charge in [0.05, 0.1) is 33.6 Å². The molecular formula is C32H19Cl3N2O6. The fourth-order valence-electron chi connectivity index (χ4n) is 6.75. The maximum Gasteiger partial charge on any atom is 0.338 e. The van der Waals surface area contributed by atoms with Gasteiger partial charge >= 0.3 is 5.97 Å². The van der Waals surface area contributed by atoms with Crippen LogP contribution in [-0.2, 0) is 30.7 Å². The number of benzene rings is 4. The Morgan fingerprint density at radius 2 is 1.35 bits per heavy atom. The SMILES string of the molecule is O=C(OCc1ccc(Cl)cc1[N+](=O)[O-])c1cccc(N2C(=O)[C@@H]3[C@H](C2=O)C2(Cl)c4ccccc4C3(Cl)c3ccccc32)c1. The molecule has 8 nitrogen and oxygen atoms in total. The summed E-state index contributed by atoms with van der Waals surface area (Å²) in [5, 5.41) is 11.6. The normalized spacial score (nSPS) is 24.8. The van der Waals surface area contributed by atoms with Crippen LogP contribution in [0, 0.1) is 22.0 Å². The highest BCUT2D eigenvalue weighted by Crippen LogP contribution is 2.69. The molecule has 0 saturated carbocycles. The molecule has 1 saturated heterocycles. The van der Waals surface area contributed by atoms with E-state index >= 15 is 0 Å². The molecule has 11 heteroatoms. The monoisotopic (exact) mass is 632 g/mol. The van der Waals surface area contributed by atoms with E-state index in [1.54, 1.807) is 0 Å². The fraction of sp³-hybridized carbons (Fsp3) is 0.156. The average molecular weight is 634 g/mol. The molecule has 2 bridgehead atoms. The summed E-state index contributed by atoms with van der Waals surface area (Å²) in [6, 6.07) is 24.6. The first-order valence-electron chi connectivity index (χ1n) is 13.2. The lowest BCUT2D eigenvalue weighted by molar-refractivity contribution is -0.385. The number of anilines is 1. The Morgan fingerprint density at radius 1 is 0.814 bits per heavy atom. The molecule has 3 aliphatic carbocycles. The van der Waals surface area contributed by atoms with Crippen LogP contribution in [0.2, 0.25) is 5.02 Å². The molecule has 4 aromatic carbocycles. The van der Waals surface area contributed by atoms with E-state index in [-0.39, 0.29) is 34.1 Å². The van der Waals surface area contributed by atoms with Crippen molar-refractivity contribution in [2.45, 2.75) is 16.4 Å². The number of rotatable bonds is 5. The maximum atomic E-state index is 14.2. The second kappa shape index (κ2) is 9.64. The summed E-state index contributed by atoms with van der Waals surface area (Å²) in [4.78, 5) is 50.6. The van der Waals surface area contributed by atoms with Gasteiger partial charge in [-0.2, -0.15) is 0 Å². The number of hydrogen-bond acceptors (Lipinski definition) is 6. The molecule has 0 radical (unpaired) electrons. The van der Waals surface area contributed by atoms with E-state index in [2.05, 4.69) is 0 Å². The summed E-state index contributed by atoms with van der Waals surface area (Å²) in [6.07, 6.45) is 0. The molecule has 0 spiro atoms. The summed E-state index contributed by atoms with van der Waals surface area (Å²) >= 11 is 20.8. The Labute approximate surface area is 259 Å². The van der Waals surface area contributed by atoms with Crippen LogP contribution in [0.4, 0.5) is 11.4 Å². The van der Waals surface area contributed by atoms with E-state index in [1.807, 2.05) is 48.5 Å². The summed E-state index contributed by atoms with van der Waals surface area (Å²) in [7, 11) is 0. The first kappa shape index (κ1) is 27.6. The molecule has 1 heterocycles. The molecule has 1 aliphatic heterocycles. The van der Waals surface area contributed by atoms with E-state index in [0.29, 0.717) is 22.3 Å². The number of alkyl halides is 2. The number of carbonyl (C=O) groups excluding carboxylic acids is 3. The zero-order chi connectivity index (χ0) is 30.3. The van der Waals surface area contributed by atoms with E-state index < -0.39 is 44.3 Å². The molecule has 4 aromatic rings. The minimum absolute atomic E-state index is 0.0420. The Bertz CT molecular complexity index is 1790. The van der Waals surface area contributed by atoms with Gasteiger partial charge in [-0.25, -0.2) is 9.69 Å². The predicted molar refractivity (Wildman–Crippen MR) is 159 cm³/mol. The van der Waals surface area contributed by atoms with Crippen LogP contribution in [0.5, 0.6) is 0 Å². The van der Waals surface area contributed by atoms with Gasteiger partial charge in [0.2, 0.25) is 11.8 Å². The zero-order valence-electron chi connectivity index (χ0n) is 22.0. The third-order valence-corrected chi connectivity index (χ3v) is 10.0. The van der Waals surface area contributed by atoms with Crippen molar-refractivity contribution in [2.24, 2.45) is 11.8 Å². The summed E-state index contributed by atoms with van der Waals surface area (Å²) in [5.41, 5.74) is 2.80. The van der Waals surface area contributed by atoms with Crippen molar-refractivity contribution >= 4 is 64.0 Å². The first-order chi connectivity index (χ1) is 20.6. The van der Waals surface area contributed by atoms with Crippen LogP contribution >= 0.6 is 34.8 Å². The molecule has 8 rings (SSSR count). The van der Waals surface area contributed by atoms with Gasteiger partial charge in [0.1, 0.15) is 16.4 Å². The first-order valence-corrected chi connectivity index (χ1v) is 14.4. The van der Waals surface area contributed by atoms with Gasteiger partial charge in [-0.3, -0.25) is 19.7 Å². The van der Waals surface area contributed by atoms with Gasteiger partial charge in [-0.05, 0) is 52.6 Å². The molecule has 1 fully saturated rings. The van der Waals surface area contributed by atoms with Crippen LogP contribution in [-0.4, -0.2) is 22.7 Å². The van der Waals surface area contributed by atoms with Crippen LogP contribution < -0.4 is 4.90 Å². The number of nitrogens with zero attached hydrogens (tertiary/aromatic N) is 2. The number of hydrogen-bond donors (Lipinski definition) is 0. The zero-order valence-corrected chi connectivity index (χ0v) is 24.3. The number of nitro groups is 1. The Balaban J connectivity index is 1.24. The Kier molecular flexibility index (Phi) is 6.18. The van der Waals surface area contributed by atoms with Gasteiger partial charge < -0.3 is 4.74 Å². The molecule has 4 aliphatic rings. The van der Waals surface area contributed by atoms with Crippen LogP contribution in [0.25, 0.3) is 0 Å². The molecule has 0 aromatic heterocycles. The van der Waals surface area contributed by atoms with Crippen LogP contribution in [0.15, 0.2) is 91.0 Å². The third kappa shape index (κ3) is 3.73. The van der Waals surface area contributed by atoms with Crippen molar-refractivity contribution < 1.29 is 24.0 Å². The highest BCUT2D eigenvalue weighted by molar-refractivity contribution is 6.38. The highest BCUT2D eigenvalue weighted by atomic mass is 35.5. The van der Waals surface area contributed by atoms with Crippen molar-refractivity contribution in [3.8, 4) is 0 Å². The van der Waals surface area contributed by atoms with Gasteiger partial charge in [0.25, 0.3) is 5.69 Å². The van der Waals surface area contributed by atoms with E-state index in [0.717, 1.165) is 4.90 Å². The molecule has 2 atom stereocenters. The number of amides is 2. The molecule has 0 N–H and O–H groups in total. The molecule has 214 valence electrons. The van der Waals surface area contributed by atoms with Crippen molar-refractivity contribution in [2.75, 3.05) is 4.90 Å². The van der Waals surface area contributed by atoms with Crippen LogP contribution in [0.3, 0.4) is 0 Å². The average Bonchev–Trinajstić information content (AvgIpc) is 3.29. The van der Waals surface area contributed by atoms with Gasteiger partial charge in [-0.15, -0.1) is 23.2 Å². The minimum Gasteiger partial charge on any atom is -0.457 e. The lowest BCUT2D eigenvalue weighted by Gasteiger charge is -2.54. The maximum absolute atomic E-state index is 14.2. The molecular weight excluding hydrogens is 615 g/mol. The van der Waals surface area contributed by atoms with Gasteiger partial charge in [-0.1, -0.05) is 66.2 Å². The largest absolute Gasteiger partial charge is 0.457 e. The fourth-order valence-corrected chi connectivity index (χ4v) is 8.01. The lowest BCUT2D eigenvalue weighted by Crippen LogP contribution is -2.57. The second-order valence-corrected chi connectivity index (χ2v) is 12.3. The Hall–Kier alpha value is -4.24. The van der Waals surface area contributed by atoms with E-state index in [4.69, 9.17) is 39.5 Å².